The van der Waals surface area contributed by atoms with Gasteiger partial charge in [-0.05, 0) is 19.9 Å². The van der Waals surface area contributed by atoms with Crippen molar-refractivity contribution in [2.24, 2.45) is 0 Å². The molecule has 1 aromatic carbocycles. The van der Waals surface area contributed by atoms with Crippen LogP contribution in [0.4, 0.5) is 0 Å². The number of fused-ring (bicyclic) bond motifs is 1. The van der Waals surface area contributed by atoms with Gasteiger partial charge in [0.1, 0.15) is 0 Å². The van der Waals surface area contributed by atoms with Crippen molar-refractivity contribution in [3.63, 3.8) is 0 Å². The number of hydrogen-bond donors (Lipinski definition) is 0. The molecule has 0 aliphatic rings. The zero-order valence-corrected chi connectivity index (χ0v) is 10.8. The number of carbonyl (C=O) groups excluding carboxylic acids is 1. The molecule has 1 heterocycles. The molecule has 18 heavy (non-hydrogen) atoms. The Kier molecular flexibility index (Phi) is 3.51. The van der Waals surface area contributed by atoms with E-state index in [1.807, 2.05) is 30.5 Å². The van der Waals surface area contributed by atoms with Gasteiger partial charge in [0.25, 0.3) is 0 Å². The fourth-order valence-corrected chi connectivity index (χ4v) is 2.08. The van der Waals surface area contributed by atoms with Crippen molar-refractivity contribution in [3.8, 4) is 0 Å². The fraction of sp³-hybridized carbons (Fsp3) is 0.267. The van der Waals surface area contributed by atoms with E-state index in [1.165, 1.54) is 0 Å². The highest BCUT2D eigenvalue weighted by Gasteiger charge is 2.16. The third-order valence-electron chi connectivity index (χ3n) is 2.98. The molecule has 0 saturated carbocycles. The molecule has 2 aromatic rings. The number of ether oxygens (including phenoxy) is 1. The first-order valence-corrected chi connectivity index (χ1v) is 6.13. The first kappa shape index (κ1) is 12.4. The number of esters is 1. The summed E-state index contributed by atoms with van der Waals surface area (Å²) in [5.41, 5.74) is 2.38. The maximum atomic E-state index is 11.8. The normalized spacial score (nSPS) is 10.6. The molecule has 0 aliphatic heterocycles. The Balaban J connectivity index is 2.51. The summed E-state index contributed by atoms with van der Waals surface area (Å²) in [6.45, 7) is 8.94. The van der Waals surface area contributed by atoms with Gasteiger partial charge in [-0.15, -0.1) is 0 Å². The third kappa shape index (κ3) is 2.04. The summed E-state index contributed by atoms with van der Waals surface area (Å²) in [4.78, 5) is 11.8. The van der Waals surface area contributed by atoms with Crippen molar-refractivity contribution < 1.29 is 9.53 Å². The highest BCUT2D eigenvalue weighted by molar-refractivity contribution is 6.19. The van der Waals surface area contributed by atoms with E-state index in [2.05, 4.69) is 18.1 Å². The molecule has 0 spiro atoms. The zero-order valence-electron chi connectivity index (χ0n) is 10.8. The van der Waals surface area contributed by atoms with Crippen LogP contribution < -0.4 is 0 Å². The number of aromatic nitrogens is 1. The minimum atomic E-state index is -0.350. The molecule has 0 aliphatic carbocycles. The first-order valence-electron chi connectivity index (χ1n) is 6.13. The Morgan fingerprint density at radius 1 is 1.33 bits per heavy atom. The Morgan fingerprint density at radius 3 is 2.72 bits per heavy atom. The number of hydrogen-bond acceptors (Lipinski definition) is 2. The number of nitrogens with zero attached hydrogens (tertiary/aromatic N) is 1. The Morgan fingerprint density at radius 2 is 2.06 bits per heavy atom. The predicted molar refractivity (Wildman–Crippen MR) is 73.3 cm³/mol. The minimum Gasteiger partial charge on any atom is -0.462 e. The lowest BCUT2D eigenvalue weighted by atomic mass is 10.1. The molecular formula is C15H17NO2. The molecular weight excluding hydrogens is 226 g/mol. The van der Waals surface area contributed by atoms with Crippen molar-refractivity contribution in [2.45, 2.75) is 20.4 Å². The fourth-order valence-electron chi connectivity index (χ4n) is 2.08. The molecule has 3 nitrogen and oxygen atoms in total. The molecule has 0 amide bonds. The summed E-state index contributed by atoms with van der Waals surface area (Å²) in [6.07, 6.45) is 1.96. The SMILES string of the molecule is C=C(C(=O)OCC)c1cn(CC)c2ccccc12. The Labute approximate surface area is 107 Å². The second-order valence-electron chi connectivity index (χ2n) is 4.04. The maximum absolute atomic E-state index is 11.8. The molecule has 3 heteroatoms. The van der Waals surface area contributed by atoms with Crippen LogP contribution in [-0.2, 0) is 16.1 Å². The summed E-state index contributed by atoms with van der Waals surface area (Å²) in [5, 5.41) is 1.04. The first-order chi connectivity index (χ1) is 8.69. The van der Waals surface area contributed by atoms with Crippen LogP contribution in [0.15, 0.2) is 37.0 Å². The van der Waals surface area contributed by atoms with Crippen LogP contribution in [0, 0.1) is 0 Å². The quantitative estimate of drug-likeness (QED) is 0.609. The highest BCUT2D eigenvalue weighted by Crippen LogP contribution is 2.27. The highest BCUT2D eigenvalue weighted by atomic mass is 16.5. The average molecular weight is 243 g/mol. The zero-order chi connectivity index (χ0) is 13.1. The van der Waals surface area contributed by atoms with Crippen LogP contribution in [0.25, 0.3) is 16.5 Å². The largest absolute Gasteiger partial charge is 0.462 e. The number of benzene rings is 1. The lowest BCUT2D eigenvalue weighted by Gasteiger charge is -2.03. The third-order valence-corrected chi connectivity index (χ3v) is 2.98. The van der Waals surface area contributed by atoms with Gasteiger partial charge in [0, 0.05) is 29.2 Å². The molecule has 2 rings (SSSR count). The predicted octanol–water partition coefficient (Wildman–Crippen LogP) is 3.24. The molecule has 0 bridgehead atoms. The second-order valence-corrected chi connectivity index (χ2v) is 4.04. The van der Waals surface area contributed by atoms with Gasteiger partial charge in [0.2, 0.25) is 0 Å². The second kappa shape index (κ2) is 5.08. The van der Waals surface area contributed by atoms with E-state index in [0.717, 1.165) is 23.0 Å². The summed E-state index contributed by atoms with van der Waals surface area (Å²) >= 11 is 0. The molecule has 0 saturated heterocycles. The van der Waals surface area contributed by atoms with Gasteiger partial charge in [-0.25, -0.2) is 4.79 Å². The van der Waals surface area contributed by atoms with E-state index in [9.17, 15) is 4.79 Å². The topological polar surface area (TPSA) is 31.2 Å². The van der Waals surface area contributed by atoms with Gasteiger partial charge in [-0.3, -0.25) is 0 Å². The molecule has 94 valence electrons. The standard InChI is InChI=1S/C15H17NO2/c1-4-16-10-13(11(3)15(17)18-5-2)12-8-6-7-9-14(12)16/h6-10H,3-5H2,1-2H3. The molecule has 1 aromatic heterocycles. The lowest BCUT2D eigenvalue weighted by molar-refractivity contribution is -0.136. The Hall–Kier alpha value is -2.03. The lowest BCUT2D eigenvalue weighted by Crippen LogP contribution is -2.05. The van der Waals surface area contributed by atoms with Gasteiger partial charge in [0.05, 0.1) is 12.2 Å². The maximum Gasteiger partial charge on any atom is 0.338 e. The van der Waals surface area contributed by atoms with Crippen LogP contribution in [-0.4, -0.2) is 17.1 Å². The van der Waals surface area contributed by atoms with E-state index >= 15 is 0 Å². The average Bonchev–Trinajstić information content (AvgIpc) is 2.77. The van der Waals surface area contributed by atoms with Crippen molar-refractivity contribution in [3.05, 3.63) is 42.6 Å². The smallest absolute Gasteiger partial charge is 0.338 e. The van der Waals surface area contributed by atoms with E-state index in [4.69, 9.17) is 4.74 Å². The van der Waals surface area contributed by atoms with Crippen molar-refractivity contribution in [1.82, 2.24) is 4.57 Å². The van der Waals surface area contributed by atoms with Crippen LogP contribution in [0.2, 0.25) is 0 Å². The monoisotopic (exact) mass is 243 g/mol. The van der Waals surface area contributed by atoms with Gasteiger partial charge in [-0.1, -0.05) is 24.8 Å². The molecule has 0 radical (unpaired) electrons. The van der Waals surface area contributed by atoms with E-state index in [-0.39, 0.29) is 5.97 Å². The summed E-state index contributed by atoms with van der Waals surface area (Å²) in [7, 11) is 0. The van der Waals surface area contributed by atoms with Gasteiger partial charge < -0.3 is 9.30 Å². The van der Waals surface area contributed by atoms with Gasteiger partial charge in [-0.2, -0.15) is 0 Å². The summed E-state index contributed by atoms with van der Waals surface area (Å²) < 4.78 is 7.11. The Bertz CT molecular complexity index is 596. The molecule has 0 fully saturated rings. The molecule has 0 N–H and O–H groups in total. The van der Waals surface area contributed by atoms with E-state index in [1.54, 1.807) is 6.92 Å². The number of aryl methyl sites for hydroxylation is 1. The summed E-state index contributed by atoms with van der Waals surface area (Å²) in [6, 6.07) is 8.00. The van der Waals surface area contributed by atoms with Gasteiger partial charge >= 0.3 is 5.97 Å². The summed E-state index contributed by atoms with van der Waals surface area (Å²) in [5.74, 6) is -0.350. The number of carbonyl (C=O) groups is 1. The molecule has 0 atom stereocenters. The van der Waals surface area contributed by atoms with Crippen LogP contribution in [0.5, 0.6) is 0 Å². The van der Waals surface area contributed by atoms with Crippen LogP contribution in [0.3, 0.4) is 0 Å². The number of para-hydroxylation sites is 1. The van der Waals surface area contributed by atoms with Crippen molar-refractivity contribution in [1.29, 1.82) is 0 Å². The van der Waals surface area contributed by atoms with E-state index in [0.29, 0.717) is 12.2 Å². The van der Waals surface area contributed by atoms with Gasteiger partial charge in [0.15, 0.2) is 0 Å². The van der Waals surface area contributed by atoms with Crippen molar-refractivity contribution in [2.75, 3.05) is 6.61 Å². The van der Waals surface area contributed by atoms with E-state index < -0.39 is 0 Å². The number of rotatable bonds is 4. The van der Waals surface area contributed by atoms with Crippen LogP contribution in [0.1, 0.15) is 19.4 Å². The van der Waals surface area contributed by atoms with Crippen molar-refractivity contribution >= 4 is 22.4 Å². The molecule has 0 unspecified atom stereocenters. The minimum absolute atomic E-state index is 0.350. The van der Waals surface area contributed by atoms with Crippen LogP contribution >= 0.6 is 0 Å².